The molecule has 1 aromatic heterocycles. The summed E-state index contributed by atoms with van der Waals surface area (Å²) in [6.07, 6.45) is 2.52. The molecule has 0 bridgehead atoms. The largest absolute Gasteiger partial charge is 0.481 e. The summed E-state index contributed by atoms with van der Waals surface area (Å²) in [7, 11) is 1.81. The van der Waals surface area contributed by atoms with Crippen LogP contribution in [-0.2, 0) is 11.8 Å². The maximum atomic E-state index is 10.5. The molecule has 0 saturated heterocycles. The summed E-state index contributed by atoms with van der Waals surface area (Å²) in [6, 6.07) is 0. The minimum absolute atomic E-state index is 0.0315. The molecule has 16 heavy (non-hydrogen) atoms. The van der Waals surface area contributed by atoms with Crippen LogP contribution >= 0.6 is 11.8 Å². The van der Waals surface area contributed by atoms with Crippen LogP contribution in [0.25, 0.3) is 0 Å². The second-order valence-corrected chi connectivity index (χ2v) is 5.13. The van der Waals surface area contributed by atoms with Crippen molar-refractivity contribution in [1.29, 1.82) is 0 Å². The lowest BCUT2D eigenvalue weighted by molar-refractivity contribution is -0.133. The van der Waals surface area contributed by atoms with Crippen molar-refractivity contribution >= 4 is 17.7 Å². The highest BCUT2D eigenvalue weighted by Gasteiger charge is 2.31. The van der Waals surface area contributed by atoms with Gasteiger partial charge in [-0.15, -0.1) is 0 Å². The van der Waals surface area contributed by atoms with Gasteiger partial charge < -0.3 is 5.11 Å². The van der Waals surface area contributed by atoms with Crippen LogP contribution in [0.15, 0.2) is 5.16 Å². The first-order valence-electron chi connectivity index (χ1n) is 5.33. The van der Waals surface area contributed by atoms with Gasteiger partial charge in [0, 0.05) is 13.0 Å². The van der Waals surface area contributed by atoms with Crippen LogP contribution < -0.4 is 0 Å². The first kappa shape index (κ1) is 11.4. The number of carbonyl (C=O) groups is 1. The standard InChI is InChI=1S/C10H15N3O2S/c1-6(7-3-4-7)9-11-10(13(2)12-9)16-5-8(14)15/h6-7H,3-5H2,1-2H3,(H,14,15). The van der Waals surface area contributed by atoms with E-state index >= 15 is 0 Å². The number of rotatable bonds is 5. The topological polar surface area (TPSA) is 68.0 Å². The van der Waals surface area contributed by atoms with Crippen molar-refractivity contribution in [3.63, 3.8) is 0 Å². The van der Waals surface area contributed by atoms with Crippen molar-refractivity contribution in [3.05, 3.63) is 5.82 Å². The van der Waals surface area contributed by atoms with Gasteiger partial charge in [0.05, 0.1) is 5.75 Å². The second kappa shape index (κ2) is 4.45. The van der Waals surface area contributed by atoms with Crippen LogP contribution in [0.5, 0.6) is 0 Å². The normalized spacial score (nSPS) is 17.4. The Hall–Kier alpha value is -1.04. The van der Waals surface area contributed by atoms with Gasteiger partial charge in [-0.25, -0.2) is 9.67 Å². The smallest absolute Gasteiger partial charge is 0.313 e. The molecule has 1 saturated carbocycles. The molecule has 1 unspecified atom stereocenters. The van der Waals surface area contributed by atoms with E-state index in [2.05, 4.69) is 17.0 Å². The van der Waals surface area contributed by atoms with Crippen molar-refractivity contribution in [2.45, 2.75) is 30.8 Å². The van der Waals surface area contributed by atoms with Crippen molar-refractivity contribution in [3.8, 4) is 0 Å². The van der Waals surface area contributed by atoms with Crippen molar-refractivity contribution in [2.24, 2.45) is 13.0 Å². The van der Waals surface area contributed by atoms with E-state index in [-0.39, 0.29) is 5.75 Å². The molecule has 0 radical (unpaired) electrons. The number of aliphatic carboxylic acids is 1. The average Bonchev–Trinajstić information content (AvgIpc) is 2.99. The third-order valence-electron chi connectivity index (χ3n) is 2.80. The number of hydrogen-bond acceptors (Lipinski definition) is 4. The van der Waals surface area contributed by atoms with Gasteiger partial charge in [-0.3, -0.25) is 4.79 Å². The molecule has 1 heterocycles. The SMILES string of the molecule is CC(c1nc(SCC(=O)O)n(C)n1)C1CC1. The molecule has 0 aliphatic heterocycles. The Bertz CT molecular complexity index is 401. The van der Waals surface area contributed by atoms with E-state index in [1.807, 2.05) is 0 Å². The van der Waals surface area contributed by atoms with Gasteiger partial charge in [0.25, 0.3) is 0 Å². The maximum absolute atomic E-state index is 10.5. The Balaban J connectivity index is 2.05. The van der Waals surface area contributed by atoms with E-state index < -0.39 is 5.97 Å². The quantitative estimate of drug-likeness (QED) is 0.791. The number of nitrogens with zero attached hydrogens (tertiary/aromatic N) is 3. The van der Waals surface area contributed by atoms with Gasteiger partial charge >= 0.3 is 5.97 Å². The Labute approximate surface area is 98.3 Å². The summed E-state index contributed by atoms with van der Waals surface area (Å²) < 4.78 is 1.67. The zero-order valence-electron chi connectivity index (χ0n) is 9.38. The second-order valence-electron chi connectivity index (χ2n) is 4.18. The summed E-state index contributed by atoms with van der Waals surface area (Å²) in [4.78, 5) is 14.9. The van der Waals surface area contributed by atoms with Gasteiger partial charge in [0.2, 0.25) is 0 Å². The van der Waals surface area contributed by atoms with E-state index in [1.54, 1.807) is 11.7 Å². The van der Waals surface area contributed by atoms with Crippen LogP contribution in [0.3, 0.4) is 0 Å². The predicted molar refractivity (Wildman–Crippen MR) is 60.5 cm³/mol. The van der Waals surface area contributed by atoms with Crippen LogP contribution in [0.4, 0.5) is 0 Å². The fourth-order valence-electron chi connectivity index (χ4n) is 1.64. The predicted octanol–water partition coefficient (Wildman–Crippen LogP) is 1.51. The number of aryl methyl sites for hydroxylation is 1. The molecule has 1 fully saturated rings. The fraction of sp³-hybridized carbons (Fsp3) is 0.700. The number of hydrogen-bond donors (Lipinski definition) is 1. The van der Waals surface area contributed by atoms with E-state index in [0.717, 1.165) is 11.7 Å². The molecule has 1 aliphatic carbocycles. The highest BCUT2D eigenvalue weighted by atomic mass is 32.2. The zero-order chi connectivity index (χ0) is 11.7. The zero-order valence-corrected chi connectivity index (χ0v) is 10.2. The summed E-state index contributed by atoms with van der Waals surface area (Å²) in [5.41, 5.74) is 0. The molecule has 1 atom stereocenters. The third kappa shape index (κ3) is 2.55. The molecule has 1 N–H and O–H groups in total. The highest BCUT2D eigenvalue weighted by Crippen LogP contribution is 2.41. The van der Waals surface area contributed by atoms with Gasteiger partial charge in [-0.05, 0) is 18.8 Å². The molecule has 1 aliphatic rings. The fourth-order valence-corrected chi connectivity index (χ4v) is 2.28. The van der Waals surface area contributed by atoms with Crippen molar-refractivity contribution in [2.75, 3.05) is 5.75 Å². The first-order valence-corrected chi connectivity index (χ1v) is 6.32. The third-order valence-corrected chi connectivity index (χ3v) is 3.81. The number of carboxylic acids is 1. The lowest BCUT2D eigenvalue weighted by Crippen LogP contribution is -2.00. The summed E-state index contributed by atoms with van der Waals surface area (Å²) in [5.74, 6) is 1.16. The lowest BCUT2D eigenvalue weighted by Gasteiger charge is -2.02. The van der Waals surface area contributed by atoms with Gasteiger partial charge in [-0.2, -0.15) is 5.10 Å². The van der Waals surface area contributed by atoms with Crippen LogP contribution in [-0.4, -0.2) is 31.6 Å². The minimum atomic E-state index is -0.829. The summed E-state index contributed by atoms with van der Waals surface area (Å²) in [6.45, 7) is 2.14. The molecule has 88 valence electrons. The monoisotopic (exact) mass is 241 g/mol. The molecule has 6 heteroatoms. The summed E-state index contributed by atoms with van der Waals surface area (Å²) in [5, 5.41) is 13.6. The molecule has 1 aromatic rings. The average molecular weight is 241 g/mol. The molecule has 0 aromatic carbocycles. The van der Waals surface area contributed by atoms with Crippen molar-refractivity contribution in [1.82, 2.24) is 14.8 Å². The molecular formula is C10H15N3O2S. The number of carboxylic acid groups (broad SMARTS) is 1. The van der Waals surface area contributed by atoms with Crippen LogP contribution in [0.2, 0.25) is 0 Å². The first-order chi connectivity index (χ1) is 7.58. The Morgan fingerprint density at radius 2 is 2.38 bits per heavy atom. The maximum Gasteiger partial charge on any atom is 0.313 e. The highest BCUT2D eigenvalue weighted by molar-refractivity contribution is 7.99. The Kier molecular flexibility index (Phi) is 3.18. The van der Waals surface area contributed by atoms with Crippen molar-refractivity contribution < 1.29 is 9.90 Å². The van der Waals surface area contributed by atoms with Crippen LogP contribution in [0.1, 0.15) is 31.5 Å². The Morgan fingerprint density at radius 1 is 1.69 bits per heavy atom. The molecule has 0 amide bonds. The molecule has 0 spiro atoms. The lowest BCUT2D eigenvalue weighted by atomic mass is 10.1. The Morgan fingerprint density at radius 3 is 2.94 bits per heavy atom. The molecule has 5 nitrogen and oxygen atoms in total. The minimum Gasteiger partial charge on any atom is -0.481 e. The van der Waals surface area contributed by atoms with Gasteiger partial charge in [0.1, 0.15) is 0 Å². The summed E-state index contributed by atoms with van der Waals surface area (Å²) >= 11 is 1.22. The van der Waals surface area contributed by atoms with E-state index in [4.69, 9.17) is 5.11 Å². The van der Waals surface area contributed by atoms with E-state index in [0.29, 0.717) is 11.1 Å². The van der Waals surface area contributed by atoms with E-state index in [1.165, 1.54) is 24.6 Å². The number of aromatic nitrogens is 3. The molecule has 2 rings (SSSR count). The van der Waals surface area contributed by atoms with Gasteiger partial charge in [-0.1, -0.05) is 18.7 Å². The van der Waals surface area contributed by atoms with Crippen LogP contribution in [0, 0.1) is 5.92 Å². The van der Waals surface area contributed by atoms with E-state index in [9.17, 15) is 4.79 Å². The number of thioether (sulfide) groups is 1. The molecular weight excluding hydrogens is 226 g/mol. The van der Waals surface area contributed by atoms with Gasteiger partial charge in [0.15, 0.2) is 11.0 Å².